The minimum atomic E-state index is -4.93. The molecule has 0 saturated carbocycles. The monoisotopic (exact) mass is 535 g/mol. The molecule has 0 radical (unpaired) electrons. The summed E-state index contributed by atoms with van der Waals surface area (Å²) in [7, 11) is 0. The van der Waals surface area contributed by atoms with Crippen molar-refractivity contribution in [2.75, 3.05) is 5.32 Å². The average Bonchev–Trinajstić information content (AvgIpc) is 2.82. The Hall–Kier alpha value is -5.06. The van der Waals surface area contributed by atoms with E-state index >= 15 is 0 Å². The van der Waals surface area contributed by atoms with Gasteiger partial charge in [-0.15, -0.1) is 0 Å². The summed E-state index contributed by atoms with van der Waals surface area (Å²) < 4.78 is 80.5. The van der Waals surface area contributed by atoms with Crippen LogP contribution >= 0.6 is 0 Å². The smallest absolute Gasteiger partial charge is 0.417 e. The number of hydrogen-bond acceptors (Lipinski definition) is 5. The molecule has 0 unspecified atom stereocenters. The summed E-state index contributed by atoms with van der Waals surface area (Å²) in [6.07, 6.45) is -8.84. The third-order valence-corrected chi connectivity index (χ3v) is 4.68. The number of guanidine groups is 1. The van der Waals surface area contributed by atoms with Crippen molar-refractivity contribution >= 4 is 23.6 Å². The molecular weight excluding hydrogens is 520 g/mol. The first-order valence-electron chi connectivity index (χ1n) is 10.2. The number of amides is 2. The van der Waals surface area contributed by atoms with Gasteiger partial charge in [0.1, 0.15) is 11.6 Å². The first-order chi connectivity index (χ1) is 17.6. The van der Waals surface area contributed by atoms with Gasteiger partial charge in [-0.1, -0.05) is 11.8 Å². The van der Waals surface area contributed by atoms with Crippen LogP contribution in [0.5, 0.6) is 5.75 Å². The molecule has 0 fully saturated rings. The minimum Gasteiger partial charge on any atom is -0.506 e. The number of hydrogen-bond donors (Lipinski definition) is 5. The normalized spacial score (nSPS) is 11.2. The number of alkyl halides is 6. The van der Waals surface area contributed by atoms with E-state index in [2.05, 4.69) is 22.1 Å². The SMILES string of the molecule is N=C(N)NC(=O)c1cc(C#Cc2ccc(C(F)(F)F)c(C(=O)Nc3ccc(O)cn3)c2)cc(C(F)(F)F)c1. The van der Waals surface area contributed by atoms with Gasteiger partial charge in [-0.25, -0.2) is 4.98 Å². The number of nitrogens with zero attached hydrogens (tertiary/aromatic N) is 1. The van der Waals surface area contributed by atoms with E-state index in [1.54, 1.807) is 0 Å². The highest BCUT2D eigenvalue weighted by Crippen LogP contribution is 2.33. The molecule has 0 aliphatic heterocycles. The summed E-state index contributed by atoms with van der Waals surface area (Å²) in [6, 6.07) is 6.70. The van der Waals surface area contributed by atoms with E-state index in [-0.39, 0.29) is 22.7 Å². The van der Waals surface area contributed by atoms with E-state index in [9.17, 15) is 41.0 Å². The van der Waals surface area contributed by atoms with Crippen molar-refractivity contribution in [3.05, 3.63) is 88.1 Å². The minimum absolute atomic E-state index is 0.155. The second-order valence-electron chi connectivity index (χ2n) is 7.53. The van der Waals surface area contributed by atoms with Crippen molar-refractivity contribution in [1.82, 2.24) is 10.3 Å². The van der Waals surface area contributed by atoms with Crippen LogP contribution in [0.2, 0.25) is 0 Å². The highest BCUT2D eigenvalue weighted by molar-refractivity contribution is 6.05. The first kappa shape index (κ1) is 27.5. The number of anilines is 1. The summed E-state index contributed by atoms with van der Waals surface area (Å²) >= 11 is 0. The van der Waals surface area contributed by atoms with E-state index in [0.717, 1.165) is 36.5 Å². The maximum atomic E-state index is 13.5. The second-order valence-corrected chi connectivity index (χ2v) is 7.53. The first-order valence-corrected chi connectivity index (χ1v) is 10.2. The molecule has 0 atom stereocenters. The molecule has 2 amide bonds. The zero-order valence-corrected chi connectivity index (χ0v) is 18.8. The van der Waals surface area contributed by atoms with Crippen LogP contribution in [0.3, 0.4) is 0 Å². The lowest BCUT2D eigenvalue weighted by Gasteiger charge is -2.13. The van der Waals surface area contributed by atoms with E-state index in [0.29, 0.717) is 18.2 Å². The van der Waals surface area contributed by atoms with Gasteiger partial charge in [0, 0.05) is 16.7 Å². The fourth-order valence-corrected chi connectivity index (χ4v) is 3.03. The van der Waals surface area contributed by atoms with Crippen LogP contribution in [0.4, 0.5) is 32.2 Å². The van der Waals surface area contributed by atoms with Gasteiger partial charge in [-0.05, 0) is 48.5 Å². The number of benzene rings is 2. The molecule has 0 bridgehead atoms. The fourth-order valence-electron chi connectivity index (χ4n) is 3.03. The van der Waals surface area contributed by atoms with Crippen molar-refractivity contribution in [2.24, 2.45) is 5.73 Å². The number of halogens is 6. The largest absolute Gasteiger partial charge is 0.506 e. The molecule has 3 aromatic rings. The zero-order valence-electron chi connectivity index (χ0n) is 18.8. The van der Waals surface area contributed by atoms with Gasteiger partial charge in [0.05, 0.1) is 22.9 Å². The van der Waals surface area contributed by atoms with Crippen molar-refractivity contribution in [1.29, 1.82) is 5.41 Å². The van der Waals surface area contributed by atoms with Gasteiger partial charge in [-0.3, -0.25) is 20.3 Å². The molecule has 8 nitrogen and oxygen atoms in total. The summed E-state index contributed by atoms with van der Waals surface area (Å²) in [5.74, 6) is 1.19. The Balaban J connectivity index is 2.03. The third kappa shape index (κ3) is 7.00. The van der Waals surface area contributed by atoms with Crippen LogP contribution in [0.25, 0.3) is 0 Å². The number of carbonyl (C=O) groups excluding carboxylic acids is 2. The van der Waals surface area contributed by atoms with Gasteiger partial charge >= 0.3 is 12.4 Å². The van der Waals surface area contributed by atoms with E-state index in [4.69, 9.17) is 11.1 Å². The highest BCUT2D eigenvalue weighted by Gasteiger charge is 2.35. The number of pyridine rings is 1. The van der Waals surface area contributed by atoms with Crippen molar-refractivity contribution in [3.63, 3.8) is 0 Å². The lowest BCUT2D eigenvalue weighted by atomic mass is 10.0. The van der Waals surface area contributed by atoms with Crippen LogP contribution in [0.1, 0.15) is 43.0 Å². The van der Waals surface area contributed by atoms with E-state index < -0.39 is 52.4 Å². The van der Waals surface area contributed by atoms with Gasteiger partial charge in [-0.2, -0.15) is 26.3 Å². The van der Waals surface area contributed by atoms with Crippen molar-refractivity contribution in [3.8, 4) is 17.6 Å². The van der Waals surface area contributed by atoms with Gasteiger partial charge < -0.3 is 16.2 Å². The molecule has 38 heavy (non-hydrogen) atoms. The average molecular weight is 535 g/mol. The molecule has 0 spiro atoms. The number of carbonyl (C=O) groups is 2. The van der Waals surface area contributed by atoms with Crippen molar-refractivity contribution in [2.45, 2.75) is 12.4 Å². The predicted octanol–water partition coefficient (Wildman–Crippen LogP) is 4.10. The number of nitrogens with two attached hydrogens (primary N) is 1. The Morgan fingerprint density at radius 2 is 1.58 bits per heavy atom. The maximum Gasteiger partial charge on any atom is 0.417 e. The van der Waals surface area contributed by atoms with Crippen LogP contribution in [0, 0.1) is 17.3 Å². The van der Waals surface area contributed by atoms with Gasteiger partial charge in [0.25, 0.3) is 11.8 Å². The van der Waals surface area contributed by atoms with Crippen molar-refractivity contribution < 1.29 is 41.0 Å². The molecule has 6 N–H and O–H groups in total. The lowest BCUT2D eigenvalue weighted by Crippen LogP contribution is -2.35. The molecule has 1 aromatic heterocycles. The van der Waals surface area contributed by atoms with Crippen LogP contribution in [-0.2, 0) is 12.4 Å². The highest BCUT2D eigenvalue weighted by atomic mass is 19.4. The Bertz CT molecular complexity index is 1470. The Labute approximate surface area is 210 Å². The Morgan fingerprint density at radius 3 is 2.16 bits per heavy atom. The number of nitrogens with one attached hydrogen (secondary N) is 3. The molecule has 0 aliphatic carbocycles. The Kier molecular flexibility index (Phi) is 7.61. The van der Waals surface area contributed by atoms with Crippen LogP contribution in [-0.4, -0.2) is 27.9 Å². The second kappa shape index (κ2) is 10.5. The molecular formula is C24H15F6N5O3. The van der Waals surface area contributed by atoms with E-state index in [1.165, 1.54) is 0 Å². The third-order valence-electron chi connectivity index (χ3n) is 4.68. The summed E-state index contributed by atoms with van der Waals surface area (Å²) in [5, 5.41) is 20.3. The Morgan fingerprint density at radius 1 is 0.895 bits per heavy atom. The zero-order chi connectivity index (χ0) is 28.3. The van der Waals surface area contributed by atoms with E-state index in [1.807, 2.05) is 5.32 Å². The number of aromatic hydroxyl groups is 1. The molecule has 0 aliphatic rings. The summed E-state index contributed by atoms with van der Waals surface area (Å²) in [5.41, 5.74) is 0.642. The molecule has 196 valence electrons. The van der Waals surface area contributed by atoms with Crippen LogP contribution < -0.4 is 16.4 Å². The molecule has 0 saturated heterocycles. The topological polar surface area (TPSA) is 141 Å². The lowest BCUT2D eigenvalue weighted by molar-refractivity contribution is -0.138. The van der Waals surface area contributed by atoms with Gasteiger partial charge in [0.2, 0.25) is 0 Å². The number of aromatic nitrogens is 1. The number of rotatable bonds is 3. The maximum absolute atomic E-state index is 13.5. The summed E-state index contributed by atoms with van der Waals surface area (Å²) in [6.45, 7) is 0. The summed E-state index contributed by atoms with van der Waals surface area (Å²) in [4.78, 5) is 28.3. The molecule has 14 heteroatoms. The quantitative estimate of drug-likeness (QED) is 0.149. The molecule has 3 rings (SSSR count). The fraction of sp³-hybridized carbons (Fsp3) is 0.0833. The predicted molar refractivity (Wildman–Crippen MR) is 122 cm³/mol. The molecule has 2 aromatic carbocycles. The molecule has 1 heterocycles. The van der Waals surface area contributed by atoms with Gasteiger partial charge in [0.15, 0.2) is 5.96 Å². The standard InChI is InChI=1S/C24H15F6N5O3/c25-23(26,27)15-8-13(7-14(10-15)20(37)35-22(31)32)2-1-12-3-5-18(24(28,29)30)17(9-12)21(38)34-19-6-4-16(36)11-33-19/h3-11,36H,(H,33,34,38)(H4,31,32,35,37). The van der Waals surface area contributed by atoms with Crippen LogP contribution in [0.15, 0.2) is 54.7 Å².